The van der Waals surface area contributed by atoms with Gasteiger partial charge in [-0.2, -0.15) is 0 Å². The van der Waals surface area contributed by atoms with E-state index in [0.717, 1.165) is 0 Å². The number of hydrogen-bond donors (Lipinski definition) is 2. The molecule has 0 unspecified atom stereocenters. The van der Waals surface area contributed by atoms with Crippen molar-refractivity contribution in [3.8, 4) is 12.3 Å². The van der Waals surface area contributed by atoms with Gasteiger partial charge in [-0.1, -0.05) is 12.0 Å². The van der Waals surface area contributed by atoms with Crippen molar-refractivity contribution in [3.63, 3.8) is 0 Å². The Kier molecular flexibility index (Phi) is 4.93. The van der Waals surface area contributed by atoms with Crippen molar-refractivity contribution < 1.29 is 24.4 Å². The quantitative estimate of drug-likeness (QED) is 0.491. The highest BCUT2D eigenvalue weighted by Crippen LogP contribution is 2.23. The molecule has 0 aliphatic carbocycles. The van der Waals surface area contributed by atoms with Gasteiger partial charge in [0.15, 0.2) is 6.29 Å². The summed E-state index contributed by atoms with van der Waals surface area (Å²) in [6.07, 6.45) is 1.92. The molecule has 5 nitrogen and oxygen atoms in total. The Morgan fingerprint density at radius 1 is 1.50 bits per heavy atom. The van der Waals surface area contributed by atoms with Crippen LogP contribution in [0.2, 0.25) is 0 Å². The minimum absolute atomic E-state index is 0.201. The van der Waals surface area contributed by atoms with Gasteiger partial charge in [0.25, 0.3) is 0 Å². The molecule has 0 saturated carbocycles. The van der Waals surface area contributed by atoms with E-state index in [-0.39, 0.29) is 6.61 Å². The molecule has 1 aliphatic rings. The molecule has 0 aromatic rings. The summed E-state index contributed by atoms with van der Waals surface area (Å²) >= 11 is 0. The summed E-state index contributed by atoms with van der Waals surface area (Å²) in [5.41, 5.74) is 0. The molecule has 1 heterocycles. The van der Waals surface area contributed by atoms with Crippen LogP contribution in [0.3, 0.4) is 0 Å². The van der Waals surface area contributed by atoms with Crippen LogP contribution in [0.25, 0.3) is 0 Å². The summed E-state index contributed by atoms with van der Waals surface area (Å²) in [4.78, 5) is 0. The molecule has 1 rings (SSSR count). The highest BCUT2D eigenvalue weighted by Gasteiger charge is 2.44. The molecule has 1 aliphatic heterocycles. The Balaban J connectivity index is 2.75. The molecule has 5 heteroatoms. The normalized spacial score (nSPS) is 39.0. The van der Waals surface area contributed by atoms with E-state index in [4.69, 9.17) is 20.6 Å². The maximum absolute atomic E-state index is 9.80. The molecule has 0 aromatic heterocycles. The lowest BCUT2D eigenvalue weighted by molar-refractivity contribution is -0.284. The molecule has 1 fully saturated rings. The summed E-state index contributed by atoms with van der Waals surface area (Å²) in [6.45, 7) is 3.68. The first-order valence-corrected chi connectivity index (χ1v) is 4.88. The zero-order valence-electron chi connectivity index (χ0n) is 9.07. The molecule has 0 spiro atoms. The molecule has 1 saturated heterocycles. The van der Waals surface area contributed by atoms with Gasteiger partial charge in [-0.05, 0) is 0 Å². The number of rotatable bonds is 4. The molecule has 5 atom stereocenters. The maximum atomic E-state index is 9.80. The largest absolute Gasteiger partial charge is 0.387 e. The summed E-state index contributed by atoms with van der Waals surface area (Å²) in [7, 11) is 1.38. The zero-order valence-corrected chi connectivity index (χ0v) is 9.07. The third kappa shape index (κ3) is 2.61. The second-order valence-electron chi connectivity index (χ2n) is 3.40. The Morgan fingerprint density at radius 2 is 2.19 bits per heavy atom. The lowest BCUT2D eigenvalue weighted by atomic mass is 9.99. The summed E-state index contributed by atoms with van der Waals surface area (Å²) in [6, 6.07) is 0. The predicted molar refractivity (Wildman–Crippen MR) is 56.5 cm³/mol. The van der Waals surface area contributed by atoms with Crippen LogP contribution in [0, 0.1) is 12.3 Å². The number of aliphatic hydroxyl groups is 2. The van der Waals surface area contributed by atoms with Crippen LogP contribution in [-0.2, 0) is 14.2 Å². The van der Waals surface area contributed by atoms with E-state index in [0.29, 0.717) is 0 Å². The topological polar surface area (TPSA) is 68.2 Å². The van der Waals surface area contributed by atoms with Crippen molar-refractivity contribution in [1.82, 2.24) is 0 Å². The van der Waals surface area contributed by atoms with Crippen molar-refractivity contribution in [2.75, 3.05) is 13.7 Å². The van der Waals surface area contributed by atoms with Crippen LogP contribution in [0.5, 0.6) is 0 Å². The standard InChI is InChI=1S/C11H16O5/c1-4-6-15-10-8(12)7(5-2)16-11(14-3)9(10)13/h2,4,7-13H,1,6H2,3H3/t7-,8-,9+,10+,11+/m0/s1. The van der Waals surface area contributed by atoms with Gasteiger partial charge in [0.2, 0.25) is 0 Å². The molecule has 0 bridgehead atoms. The number of ether oxygens (including phenoxy) is 3. The van der Waals surface area contributed by atoms with Crippen molar-refractivity contribution in [2.45, 2.75) is 30.7 Å². The molecule has 0 radical (unpaired) electrons. The van der Waals surface area contributed by atoms with Crippen molar-refractivity contribution >= 4 is 0 Å². The van der Waals surface area contributed by atoms with Gasteiger partial charge >= 0.3 is 0 Å². The monoisotopic (exact) mass is 228 g/mol. The van der Waals surface area contributed by atoms with Crippen LogP contribution in [0.4, 0.5) is 0 Å². The fourth-order valence-electron chi connectivity index (χ4n) is 1.54. The second kappa shape index (κ2) is 5.99. The lowest BCUT2D eigenvalue weighted by Gasteiger charge is -2.39. The van der Waals surface area contributed by atoms with E-state index in [1.165, 1.54) is 13.2 Å². The lowest BCUT2D eigenvalue weighted by Crippen LogP contribution is -2.58. The van der Waals surface area contributed by atoms with Gasteiger partial charge in [0, 0.05) is 7.11 Å². The molecule has 0 aromatic carbocycles. The van der Waals surface area contributed by atoms with E-state index in [9.17, 15) is 10.2 Å². The summed E-state index contributed by atoms with van der Waals surface area (Å²) in [5, 5.41) is 19.6. The molecular formula is C11H16O5. The molecule has 16 heavy (non-hydrogen) atoms. The molecule has 2 N–H and O–H groups in total. The zero-order chi connectivity index (χ0) is 12.1. The average Bonchev–Trinajstić information content (AvgIpc) is 2.29. The Hall–Kier alpha value is -0.900. The van der Waals surface area contributed by atoms with Gasteiger partial charge in [0.05, 0.1) is 6.61 Å². The van der Waals surface area contributed by atoms with Crippen LogP contribution in [-0.4, -0.2) is 54.6 Å². The van der Waals surface area contributed by atoms with Gasteiger partial charge in [-0.3, -0.25) is 0 Å². The summed E-state index contributed by atoms with van der Waals surface area (Å²) in [5.74, 6) is 2.28. The average molecular weight is 228 g/mol. The van der Waals surface area contributed by atoms with Crippen molar-refractivity contribution in [3.05, 3.63) is 12.7 Å². The van der Waals surface area contributed by atoms with Gasteiger partial charge in [0.1, 0.15) is 24.4 Å². The highest BCUT2D eigenvalue weighted by atomic mass is 16.7. The van der Waals surface area contributed by atoms with Crippen LogP contribution >= 0.6 is 0 Å². The first-order chi connectivity index (χ1) is 7.65. The molecule has 0 amide bonds. The van der Waals surface area contributed by atoms with Crippen molar-refractivity contribution in [1.29, 1.82) is 0 Å². The highest BCUT2D eigenvalue weighted by molar-refractivity contribution is 5.05. The first kappa shape index (κ1) is 13.2. The molecular weight excluding hydrogens is 212 g/mol. The Bertz CT molecular complexity index is 272. The van der Waals surface area contributed by atoms with Gasteiger partial charge in [-0.25, -0.2) is 0 Å². The SMILES string of the molecule is C#C[C@@H]1O[C@@H](OC)[C@H](O)[C@H](OCC=C)[C@H]1O. The van der Waals surface area contributed by atoms with E-state index in [1.54, 1.807) is 0 Å². The predicted octanol–water partition coefficient (Wildman–Crippen LogP) is -0.716. The van der Waals surface area contributed by atoms with E-state index < -0.39 is 30.7 Å². The minimum atomic E-state index is -1.09. The van der Waals surface area contributed by atoms with Crippen molar-refractivity contribution in [2.24, 2.45) is 0 Å². The fourth-order valence-corrected chi connectivity index (χ4v) is 1.54. The first-order valence-electron chi connectivity index (χ1n) is 4.88. The number of aliphatic hydroxyl groups excluding tert-OH is 2. The number of terminal acetylenes is 1. The van der Waals surface area contributed by atoms with E-state index in [1.807, 2.05) is 0 Å². The smallest absolute Gasteiger partial charge is 0.187 e. The molecule has 90 valence electrons. The van der Waals surface area contributed by atoms with Crippen LogP contribution in [0.15, 0.2) is 12.7 Å². The summed E-state index contributed by atoms with van der Waals surface area (Å²) < 4.78 is 15.3. The van der Waals surface area contributed by atoms with Crippen LogP contribution in [0.1, 0.15) is 0 Å². The Labute approximate surface area is 94.6 Å². The van der Waals surface area contributed by atoms with E-state index in [2.05, 4.69) is 12.5 Å². The fraction of sp³-hybridized carbons (Fsp3) is 0.636. The second-order valence-corrected chi connectivity index (χ2v) is 3.40. The Morgan fingerprint density at radius 3 is 2.69 bits per heavy atom. The third-order valence-corrected chi connectivity index (χ3v) is 2.35. The van der Waals surface area contributed by atoms with E-state index >= 15 is 0 Å². The van der Waals surface area contributed by atoms with Gasteiger partial charge < -0.3 is 24.4 Å². The van der Waals surface area contributed by atoms with Gasteiger partial charge in [-0.15, -0.1) is 13.0 Å². The number of hydrogen-bond acceptors (Lipinski definition) is 5. The maximum Gasteiger partial charge on any atom is 0.187 e. The number of methoxy groups -OCH3 is 1. The third-order valence-electron chi connectivity index (χ3n) is 2.35. The van der Waals surface area contributed by atoms with Crippen LogP contribution < -0.4 is 0 Å². The minimum Gasteiger partial charge on any atom is -0.387 e.